The van der Waals surface area contributed by atoms with Crippen LogP contribution in [0.1, 0.15) is 72.1 Å². The Kier molecular flexibility index (Phi) is 6.95. The molecule has 2 rings (SSSR count). The van der Waals surface area contributed by atoms with Crippen LogP contribution in [0.4, 0.5) is 4.79 Å². The maximum absolute atomic E-state index is 12.7. The zero-order valence-electron chi connectivity index (χ0n) is 17.2. The fourth-order valence-corrected chi connectivity index (χ4v) is 4.13. The van der Waals surface area contributed by atoms with Gasteiger partial charge in [-0.15, -0.1) is 6.58 Å². The van der Waals surface area contributed by atoms with E-state index >= 15 is 0 Å². The van der Waals surface area contributed by atoms with Crippen LogP contribution in [0.15, 0.2) is 12.7 Å². The monoisotopic (exact) mass is 380 g/mol. The largest absolute Gasteiger partial charge is 0.444 e. The Morgan fingerprint density at radius 3 is 2.30 bits per heavy atom. The predicted molar refractivity (Wildman–Crippen MR) is 105 cm³/mol. The summed E-state index contributed by atoms with van der Waals surface area (Å²) in [6.45, 7) is 10.7. The number of carbonyl (C=O) groups excluding carboxylic acids is 2. The van der Waals surface area contributed by atoms with Crippen LogP contribution >= 0.6 is 0 Å². The zero-order chi connectivity index (χ0) is 20.1. The maximum atomic E-state index is 12.7. The average Bonchev–Trinajstić information content (AvgIpc) is 3.04. The summed E-state index contributed by atoms with van der Waals surface area (Å²) in [4.78, 5) is 26.4. The molecule has 27 heavy (non-hydrogen) atoms. The van der Waals surface area contributed by atoms with E-state index in [0.717, 1.165) is 25.7 Å². The molecule has 0 bridgehead atoms. The SMILES string of the molecule is C=CCC1(C(=O)NCCC2(O)CCN(C(=O)OC(C)(C)C)CC2)CCCC1. The number of rotatable bonds is 6. The summed E-state index contributed by atoms with van der Waals surface area (Å²) in [6.07, 6.45) is 7.74. The first kappa shape index (κ1) is 21.7. The molecule has 1 saturated heterocycles. The van der Waals surface area contributed by atoms with Gasteiger partial charge in [0.1, 0.15) is 5.60 Å². The van der Waals surface area contributed by atoms with E-state index in [9.17, 15) is 14.7 Å². The highest BCUT2D eigenvalue weighted by Gasteiger charge is 2.40. The number of aliphatic hydroxyl groups is 1. The predicted octanol–water partition coefficient (Wildman–Crippen LogP) is 3.39. The van der Waals surface area contributed by atoms with E-state index in [-0.39, 0.29) is 17.4 Å². The van der Waals surface area contributed by atoms with Gasteiger partial charge in [0.05, 0.1) is 11.0 Å². The molecule has 0 spiro atoms. The van der Waals surface area contributed by atoms with E-state index in [2.05, 4.69) is 11.9 Å². The zero-order valence-corrected chi connectivity index (χ0v) is 17.2. The Morgan fingerprint density at radius 2 is 1.78 bits per heavy atom. The second-order valence-corrected chi connectivity index (χ2v) is 9.18. The van der Waals surface area contributed by atoms with Gasteiger partial charge in [0.15, 0.2) is 0 Å². The molecule has 0 aromatic carbocycles. The standard InChI is InChI=1S/C21H36N2O4/c1-5-8-20(9-6-7-10-20)17(24)22-14-11-21(26)12-15-23(16-13-21)18(25)27-19(2,3)4/h5,26H,1,6-16H2,2-4H3,(H,22,24). The Hall–Kier alpha value is -1.56. The summed E-state index contributed by atoms with van der Waals surface area (Å²) in [5.74, 6) is 0.0923. The molecular formula is C21H36N2O4. The highest BCUT2D eigenvalue weighted by atomic mass is 16.6. The number of hydrogen-bond donors (Lipinski definition) is 2. The van der Waals surface area contributed by atoms with Crippen molar-refractivity contribution in [3.05, 3.63) is 12.7 Å². The Bertz CT molecular complexity index is 539. The van der Waals surface area contributed by atoms with Crippen molar-refractivity contribution < 1.29 is 19.4 Å². The molecule has 0 unspecified atom stereocenters. The van der Waals surface area contributed by atoms with E-state index in [1.54, 1.807) is 4.90 Å². The number of hydrogen-bond acceptors (Lipinski definition) is 4. The molecule has 1 aliphatic carbocycles. The minimum atomic E-state index is -0.840. The van der Waals surface area contributed by atoms with E-state index in [1.165, 1.54) is 0 Å². The third kappa shape index (κ3) is 5.96. The van der Waals surface area contributed by atoms with Crippen LogP contribution < -0.4 is 5.32 Å². The fraction of sp³-hybridized carbons (Fsp3) is 0.810. The van der Waals surface area contributed by atoms with Crippen molar-refractivity contribution in [2.24, 2.45) is 5.41 Å². The molecule has 0 aromatic heterocycles. The molecule has 154 valence electrons. The van der Waals surface area contributed by atoms with Crippen LogP contribution in [-0.4, -0.2) is 52.8 Å². The van der Waals surface area contributed by atoms with Crippen molar-refractivity contribution in [1.29, 1.82) is 0 Å². The molecule has 6 heteroatoms. The molecule has 0 aromatic rings. The van der Waals surface area contributed by atoms with Gasteiger partial charge in [0, 0.05) is 19.6 Å². The highest BCUT2D eigenvalue weighted by Crippen LogP contribution is 2.41. The van der Waals surface area contributed by atoms with E-state index in [0.29, 0.717) is 45.3 Å². The lowest BCUT2D eigenvalue weighted by atomic mass is 9.81. The van der Waals surface area contributed by atoms with Crippen LogP contribution in [-0.2, 0) is 9.53 Å². The molecule has 2 aliphatic rings. The summed E-state index contributed by atoms with van der Waals surface area (Å²) < 4.78 is 5.39. The van der Waals surface area contributed by atoms with E-state index in [1.807, 2.05) is 26.8 Å². The van der Waals surface area contributed by atoms with Gasteiger partial charge in [0.2, 0.25) is 5.91 Å². The Balaban J connectivity index is 1.77. The molecule has 0 radical (unpaired) electrons. The van der Waals surface area contributed by atoms with Gasteiger partial charge in [-0.05, 0) is 59.3 Å². The first-order chi connectivity index (χ1) is 12.6. The van der Waals surface area contributed by atoms with Crippen LogP contribution in [0.3, 0.4) is 0 Å². The first-order valence-electron chi connectivity index (χ1n) is 10.2. The molecule has 1 aliphatic heterocycles. The highest BCUT2D eigenvalue weighted by molar-refractivity contribution is 5.83. The quantitative estimate of drug-likeness (QED) is 0.692. The van der Waals surface area contributed by atoms with Crippen molar-refractivity contribution in [3.8, 4) is 0 Å². The molecule has 2 fully saturated rings. The third-order valence-electron chi connectivity index (χ3n) is 5.80. The molecule has 0 atom stereocenters. The summed E-state index contributed by atoms with van der Waals surface area (Å²) in [6, 6.07) is 0. The van der Waals surface area contributed by atoms with Gasteiger partial charge in [-0.3, -0.25) is 4.79 Å². The van der Waals surface area contributed by atoms with Crippen LogP contribution in [0.2, 0.25) is 0 Å². The minimum Gasteiger partial charge on any atom is -0.444 e. The number of amides is 2. The number of piperidine rings is 1. The van der Waals surface area contributed by atoms with Crippen LogP contribution in [0, 0.1) is 5.41 Å². The van der Waals surface area contributed by atoms with Crippen LogP contribution in [0.25, 0.3) is 0 Å². The average molecular weight is 381 g/mol. The topological polar surface area (TPSA) is 78.9 Å². The number of nitrogens with zero attached hydrogens (tertiary/aromatic N) is 1. The van der Waals surface area contributed by atoms with Gasteiger partial charge in [-0.25, -0.2) is 4.79 Å². The van der Waals surface area contributed by atoms with Gasteiger partial charge >= 0.3 is 6.09 Å². The fourth-order valence-electron chi connectivity index (χ4n) is 4.13. The lowest BCUT2D eigenvalue weighted by molar-refractivity contribution is -0.131. The normalized spacial score (nSPS) is 21.6. The molecule has 1 heterocycles. The Morgan fingerprint density at radius 1 is 1.19 bits per heavy atom. The third-order valence-corrected chi connectivity index (χ3v) is 5.80. The number of likely N-dealkylation sites (tertiary alicyclic amines) is 1. The van der Waals surface area contributed by atoms with Crippen molar-refractivity contribution in [2.75, 3.05) is 19.6 Å². The summed E-state index contributed by atoms with van der Waals surface area (Å²) >= 11 is 0. The van der Waals surface area contributed by atoms with Crippen molar-refractivity contribution in [1.82, 2.24) is 10.2 Å². The van der Waals surface area contributed by atoms with E-state index in [4.69, 9.17) is 4.74 Å². The lowest BCUT2D eigenvalue weighted by Crippen LogP contribution is -2.49. The van der Waals surface area contributed by atoms with Crippen LogP contribution in [0.5, 0.6) is 0 Å². The Labute approximate surface area is 163 Å². The number of allylic oxidation sites excluding steroid dienone is 1. The molecule has 2 N–H and O–H groups in total. The van der Waals surface area contributed by atoms with Gasteiger partial charge in [0.25, 0.3) is 0 Å². The molecule has 1 saturated carbocycles. The first-order valence-corrected chi connectivity index (χ1v) is 10.2. The summed E-state index contributed by atoms with van der Waals surface area (Å²) in [7, 11) is 0. The van der Waals surface area contributed by atoms with Crippen molar-refractivity contribution in [2.45, 2.75) is 83.3 Å². The van der Waals surface area contributed by atoms with Gasteiger partial charge in [-0.2, -0.15) is 0 Å². The summed E-state index contributed by atoms with van der Waals surface area (Å²) in [5, 5.41) is 13.8. The maximum Gasteiger partial charge on any atom is 0.410 e. The molecular weight excluding hydrogens is 344 g/mol. The van der Waals surface area contributed by atoms with Crippen molar-refractivity contribution >= 4 is 12.0 Å². The second kappa shape index (κ2) is 8.63. The van der Waals surface area contributed by atoms with Crippen molar-refractivity contribution in [3.63, 3.8) is 0 Å². The molecule has 2 amide bonds. The smallest absolute Gasteiger partial charge is 0.410 e. The summed E-state index contributed by atoms with van der Waals surface area (Å²) in [5.41, 5.74) is -1.66. The van der Waals surface area contributed by atoms with Gasteiger partial charge < -0.3 is 20.1 Å². The van der Waals surface area contributed by atoms with E-state index < -0.39 is 11.2 Å². The van der Waals surface area contributed by atoms with Gasteiger partial charge in [-0.1, -0.05) is 18.9 Å². The lowest BCUT2D eigenvalue weighted by Gasteiger charge is -2.39. The second-order valence-electron chi connectivity index (χ2n) is 9.18. The number of carbonyl (C=O) groups is 2. The molecule has 6 nitrogen and oxygen atoms in total. The number of nitrogens with one attached hydrogen (secondary N) is 1. The number of ether oxygens (including phenoxy) is 1. The minimum absolute atomic E-state index is 0.0923.